The van der Waals surface area contributed by atoms with E-state index in [0.717, 1.165) is 31.2 Å². The summed E-state index contributed by atoms with van der Waals surface area (Å²) in [4.78, 5) is 0. The number of ether oxygens (including phenoxy) is 1. The molecule has 1 fully saturated rings. The minimum Gasteiger partial charge on any atom is -0.490 e. The molecule has 3 rings (SSSR count). The van der Waals surface area contributed by atoms with E-state index in [0.29, 0.717) is 30.1 Å². The van der Waals surface area contributed by atoms with Crippen LogP contribution in [0.1, 0.15) is 55.2 Å². The zero-order valence-electron chi connectivity index (χ0n) is 15.3. The summed E-state index contributed by atoms with van der Waals surface area (Å²) in [7, 11) is 0. The number of halogens is 3. The van der Waals surface area contributed by atoms with Crippen LogP contribution >= 0.6 is 0 Å². The summed E-state index contributed by atoms with van der Waals surface area (Å²) in [6.07, 6.45) is 3.82. The van der Waals surface area contributed by atoms with Gasteiger partial charge in [0.2, 0.25) is 0 Å². The fourth-order valence-electron chi connectivity index (χ4n) is 3.76. The van der Waals surface area contributed by atoms with E-state index in [1.807, 2.05) is 19.9 Å². The quantitative estimate of drug-likeness (QED) is 0.604. The topological polar surface area (TPSA) is 9.23 Å². The zero-order chi connectivity index (χ0) is 18.7. The van der Waals surface area contributed by atoms with Crippen molar-refractivity contribution in [2.24, 2.45) is 5.92 Å². The van der Waals surface area contributed by atoms with Crippen LogP contribution in [0.2, 0.25) is 0 Å². The molecular weight excluding hydrogens is 337 g/mol. The third kappa shape index (κ3) is 4.05. The van der Waals surface area contributed by atoms with Gasteiger partial charge in [0.05, 0.1) is 6.61 Å². The van der Waals surface area contributed by atoms with Crippen molar-refractivity contribution < 1.29 is 17.9 Å². The van der Waals surface area contributed by atoms with Crippen molar-refractivity contribution in [2.75, 3.05) is 6.61 Å². The highest BCUT2D eigenvalue weighted by atomic mass is 19.2. The molecule has 1 nitrogen and oxygen atoms in total. The summed E-state index contributed by atoms with van der Waals surface area (Å²) in [6, 6.07) is 8.38. The van der Waals surface area contributed by atoms with Gasteiger partial charge in [-0.3, -0.25) is 0 Å². The molecule has 0 aromatic heterocycles. The summed E-state index contributed by atoms with van der Waals surface area (Å²) in [6.45, 7) is 4.11. The number of hydrogen-bond donors (Lipinski definition) is 0. The normalized spacial score (nSPS) is 20.2. The molecule has 0 heterocycles. The second-order valence-electron chi connectivity index (χ2n) is 7.26. The van der Waals surface area contributed by atoms with Crippen LogP contribution in [0.5, 0.6) is 5.75 Å². The largest absolute Gasteiger partial charge is 0.490 e. The molecule has 2 aromatic rings. The molecule has 26 heavy (non-hydrogen) atoms. The van der Waals surface area contributed by atoms with Crippen LogP contribution in [0.3, 0.4) is 0 Å². The first kappa shape index (κ1) is 18.8. The third-order valence-corrected chi connectivity index (χ3v) is 5.42. The predicted octanol–water partition coefficient (Wildman–Crippen LogP) is 6.33. The van der Waals surface area contributed by atoms with Crippen LogP contribution in [0, 0.1) is 30.3 Å². The highest BCUT2D eigenvalue weighted by Crippen LogP contribution is 2.38. The molecule has 0 amide bonds. The summed E-state index contributed by atoms with van der Waals surface area (Å²) >= 11 is 0. The number of hydrogen-bond acceptors (Lipinski definition) is 1. The predicted molar refractivity (Wildman–Crippen MR) is 97.1 cm³/mol. The first-order valence-corrected chi connectivity index (χ1v) is 9.35. The average molecular weight is 362 g/mol. The molecule has 0 bridgehead atoms. The Bertz CT molecular complexity index is 764. The molecular formula is C22H25F3O. The van der Waals surface area contributed by atoms with Gasteiger partial charge in [-0.05, 0) is 79.7 Å². The Labute approximate surface area is 153 Å². The van der Waals surface area contributed by atoms with Crippen molar-refractivity contribution in [2.45, 2.75) is 51.9 Å². The lowest BCUT2D eigenvalue weighted by Crippen LogP contribution is -2.20. The smallest absolute Gasteiger partial charge is 0.165 e. The minimum absolute atomic E-state index is 0.0442. The standard InChI is InChI=1S/C22H25F3O/c1-3-16-9-10-18(22(25)21(16)24)17-7-5-15(6-8-17)13-26-20-11-4-14(2)12-19(20)23/h4,9-12,15,17H,3,5-8,13H2,1-2H3. The molecule has 1 aliphatic carbocycles. The van der Waals surface area contributed by atoms with Gasteiger partial charge in [0.25, 0.3) is 0 Å². The van der Waals surface area contributed by atoms with Crippen LogP contribution in [0.25, 0.3) is 0 Å². The molecule has 2 aromatic carbocycles. The van der Waals surface area contributed by atoms with Crippen molar-refractivity contribution in [3.05, 3.63) is 64.5 Å². The zero-order valence-corrected chi connectivity index (χ0v) is 15.3. The maximum Gasteiger partial charge on any atom is 0.165 e. The summed E-state index contributed by atoms with van der Waals surface area (Å²) in [5.74, 6) is -1.10. The second kappa shape index (κ2) is 8.15. The second-order valence-corrected chi connectivity index (χ2v) is 7.26. The van der Waals surface area contributed by atoms with E-state index in [1.54, 1.807) is 18.2 Å². The fourth-order valence-corrected chi connectivity index (χ4v) is 3.76. The van der Waals surface area contributed by atoms with Crippen molar-refractivity contribution in [3.8, 4) is 5.75 Å². The van der Waals surface area contributed by atoms with Crippen LogP contribution in [-0.2, 0) is 6.42 Å². The molecule has 0 atom stereocenters. The molecule has 0 unspecified atom stereocenters. The summed E-state index contributed by atoms with van der Waals surface area (Å²) in [5, 5.41) is 0. The van der Waals surface area contributed by atoms with Crippen LogP contribution in [0.4, 0.5) is 13.2 Å². The Hall–Kier alpha value is -1.97. The maximum absolute atomic E-state index is 14.3. The van der Waals surface area contributed by atoms with E-state index < -0.39 is 11.6 Å². The van der Waals surface area contributed by atoms with E-state index >= 15 is 0 Å². The van der Waals surface area contributed by atoms with Gasteiger partial charge in [-0.1, -0.05) is 25.1 Å². The Morgan fingerprint density at radius 2 is 1.69 bits per heavy atom. The lowest BCUT2D eigenvalue weighted by molar-refractivity contribution is 0.193. The molecule has 0 aliphatic heterocycles. The first-order valence-electron chi connectivity index (χ1n) is 9.35. The van der Waals surface area contributed by atoms with Crippen LogP contribution < -0.4 is 4.74 Å². The Kier molecular flexibility index (Phi) is 5.90. The van der Waals surface area contributed by atoms with Gasteiger partial charge < -0.3 is 4.74 Å². The number of benzene rings is 2. The van der Waals surface area contributed by atoms with Crippen LogP contribution in [0.15, 0.2) is 30.3 Å². The van der Waals surface area contributed by atoms with Gasteiger partial charge in [0.1, 0.15) is 0 Å². The number of aryl methyl sites for hydroxylation is 2. The first-order chi connectivity index (χ1) is 12.5. The molecule has 1 saturated carbocycles. The maximum atomic E-state index is 14.3. The van der Waals surface area contributed by atoms with E-state index in [4.69, 9.17) is 4.74 Å². The van der Waals surface area contributed by atoms with Gasteiger partial charge in [-0.15, -0.1) is 0 Å². The number of rotatable bonds is 5. The molecule has 0 saturated heterocycles. The molecule has 0 radical (unpaired) electrons. The molecule has 1 aliphatic rings. The van der Waals surface area contributed by atoms with Crippen molar-refractivity contribution >= 4 is 0 Å². The van der Waals surface area contributed by atoms with Gasteiger partial charge in [-0.25, -0.2) is 13.2 Å². The fraction of sp³-hybridized carbons (Fsp3) is 0.455. The molecule has 140 valence electrons. The van der Waals surface area contributed by atoms with E-state index in [1.165, 1.54) is 6.07 Å². The van der Waals surface area contributed by atoms with Gasteiger partial charge in [0.15, 0.2) is 23.2 Å². The van der Waals surface area contributed by atoms with Crippen LogP contribution in [-0.4, -0.2) is 6.61 Å². The Balaban J connectivity index is 1.57. The van der Waals surface area contributed by atoms with Crippen molar-refractivity contribution in [1.82, 2.24) is 0 Å². The average Bonchev–Trinajstić information content (AvgIpc) is 2.64. The Morgan fingerprint density at radius 3 is 2.35 bits per heavy atom. The van der Waals surface area contributed by atoms with Gasteiger partial charge in [-0.2, -0.15) is 0 Å². The SMILES string of the molecule is CCc1ccc(C2CCC(COc3ccc(C)cc3F)CC2)c(F)c1F. The van der Waals surface area contributed by atoms with E-state index in [2.05, 4.69) is 0 Å². The van der Waals surface area contributed by atoms with E-state index in [9.17, 15) is 13.2 Å². The van der Waals surface area contributed by atoms with Crippen molar-refractivity contribution in [3.63, 3.8) is 0 Å². The highest BCUT2D eigenvalue weighted by Gasteiger charge is 2.26. The highest BCUT2D eigenvalue weighted by molar-refractivity contribution is 5.30. The lowest BCUT2D eigenvalue weighted by atomic mass is 9.78. The Morgan fingerprint density at radius 1 is 0.962 bits per heavy atom. The summed E-state index contributed by atoms with van der Waals surface area (Å²) < 4.78 is 47.8. The molecule has 0 N–H and O–H groups in total. The minimum atomic E-state index is -0.703. The van der Waals surface area contributed by atoms with Crippen molar-refractivity contribution in [1.29, 1.82) is 0 Å². The lowest BCUT2D eigenvalue weighted by Gasteiger charge is -2.29. The van der Waals surface area contributed by atoms with E-state index in [-0.39, 0.29) is 17.5 Å². The van der Waals surface area contributed by atoms with Gasteiger partial charge >= 0.3 is 0 Å². The third-order valence-electron chi connectivity index (χ3n) is 5.42. The van der Waals surface area contributed by atoms with Gasteiger partial charge in [0, 0.05) is 0 Å². The monoisotopic (exact) mass is 362 g/mol. The molecule has 4 heteroatoms. The molecule has 0 spiro atoms. The summed E-state index contributed by atoms with van der Waals surface area (Å²) in [5.41, 5.74) is 1.77.